The van der Waals surface area contributed by atoms with E-state index in [4.69, 9.17) is 10.5 Å². The van der Waals surface area contributed by atoms with Crippen molar-refractivity contribution in [2.45, 2.75) is 38.1 Å². The fourth-order valence-corrected chi connectivity index (χ4v) is 3.28. The molecule has 0 bridgehead atoms. The van der Waals surface area contributed by atoms with Crippen molar-refractivity contribution >= 4 is 17.6 Å². The first kappa shape index (κ1) is 13.0. The monoisotopic (exact) mass is 273 g/mol. The third kappa shape index (κ3) is 1.94. The Morgan fingerprint density at radius 1 is 1.55 bits per heavy atom. The van der Waals surface area contributed by atoms with Crippen LogP contribution in [0.15, 0.2) is 23.2 Å². The molecular weight excluding hydrogens is 254 g/mol. The standard InChI is InChI=1S/C15H19N3O2/c1-9-11-4-3-5-13(17-10(2)19)12(11)6-7-15(9)8-20-14(16)18-15/h3-5,9H,6-8H2,1-2H3,(H2,16,18)(H,17,19). The quantitative estimate of drug-likeness (QED) is 0.818. The third-order valence-corrected chi connectivity index (χ3v) is 4.41. The van der Waals surface area contributed by atoms with Crippen molar-refractivity contribution in [2.24, 2.45) is 10.7 Å². The molecule has 1 spiro atoms. The number of amides is 1. The van der Waals surface area contributed by atoms with E-state index in [-0.39, 0.29) is 17.4 Å². The third-order valence-electron chi connectivity index (χ3n) is 4.41. The van der Waals surface area contributed by atoms with Crippen LogP contribution in [-0.2, 0) is 16.0 Å². The van der Waals surface area contributed by atoms with Crippen molar-refractivity contribution in [3.05, 3.63) is 29.3 Å². The molecule has 0 saturated carbocycles. The van der Waals surface area contributed by atoms with Gasteiger partial charge in [0.2, 0.25) is 5.91 Å². The molecule has 1 aliphatic carbocycles. The molecule has 20 heavy (non-hydrogen) atoms. The maximum Gasteiger partial charge on any atom is 0.282 e. The normalized spacial score (nSPS) is 27.7. The molecule has 2 aliphatic rings. The fourth-order valence-electron chi connectivity index (χ4n) is 3.28. The van der Waals surface area contributed by atoms with E-state index in [1.165, 1.54) is 18.1 Å². The number of ether oxygens (including phenoxy) is 1. The van der Waals surface area contributed by atoms with Crippen LogP contribution >= 0.6 is 0 Å². The van der Waals surface area contributed by atoms with Crippen molar-refractivity contribution in [1.29, 1.82) is 0 Å². The van der Waals surface area contributed by atoms with Gasteiger partial charge < -0.3 is 15.8 Å². The number of anilines is 1. The van der Waals surface area contributed by atoms with Gasteiger partial charge >= 0.3 is 0 Å². The molecule has 2 unspecified atom stereocenters. The van der Waals surface area contributed by atoms with Crippen molar-refractivity contribution in [3.63, 3.8) is 0 Å². The summed E-state index contributed by atoms with van der Waals surface area (Å²) in [6, 6.07) is 6.32. The van der Waals surface area contributed by atoms with Gasteiger partial charge in [0.25, 0.3) is 6.02 Å². The molecule has 5 nitrogen and oxygen atoms in total. The van der Waals surface area contributed by atoms with Crippen LogP contribution in [-0.4, -0.2) is 24.1 Å². The Balaban J connectivity index is 2.01. The summed E-state index contributed by atoms with van der Waals surface area (Å²) in [4.78, 5) is 15.8. The van der Waals surface area contributed by atoms with Gasteiger partial charge in [0, 0.05) is 18.5 Å². The molecule has 0 saturated heterocycles. The van der Waals surface area contributed by atoms with Gasteiger partial charge in [0.05, 0.1) is 0 Å². The van der Waals surface area contributed by atoms with Crippen LogP contribution in [0.25, 0.3) is 0 Å². The van der Waals surface area contributed by atoms with Gasteiger partial charge in [-0.1, -0.05) is 19.1 Å². The van der Waals surface area contributed by atoms with Crippen LogP contribution in [0, 0.1) is 0 Å². The van der Waals surface area contributed by atoms with E-state index in [0.29, 0.717) is 12.6 Å². The van der Waals surface area contributed by atoms with Gasteiger partial charge in [-0.25, -0.2) is 4.99 Å². The summed E-state index contributed by atoms with van der Waals surface area (Å²) < 4.78 is 5.38. The SMILES string of the molecule is CC(=O)Nc1cccc2c1CCC1(COC(N)=N1)C2C. The van der Waals surface area contributed by atoms with E-state index < -0.39 is 0 Å². The van der Waals surface area contributed by atoms with Gasteiger partial charge in [-0.2, -0.15) is 0 Å². The zero-order chi connectivity index (χ0) is 14.3. The van der Waals surface area contributed by atoms with Crippen LogP contribution in [0.4, 0.5) is 5.69 Å². The molecule has 0 aromatic heterocycles. The Hall–Kier alpha value is -2.04. The molecule has 3 N–H and O–H groups in total. The number of benzene rings is 1. The summed E-state index contributed by atoms with van der Waals surface area (Å²) in [5.74, 6) is 0.179. The van der Waals surface area contributed by atoms with Crippen LogP contribution < -0.4 is 11.1 Å². The van der Waals surface area contributed by atoms with Gasteiger partial charge in [-0.3, -0.25) is 4.79 Å². The van der Waals surface area contributed by atoms with Crippen molar-refractivity contribution < 1.29 is 9.53 Å². The highest BCUT2D eigenvalue weighted by atomic mass is 16.5. The van der Waals surface area contributed by atoms with Gasteiger partial charge in [0.15, 0.2) is 0 Å². The number of carbonyl (C=O) groups excluding carboxylic acids is 1. The molecule has 106 valence electrons. The smallest absolute Gasteiger partial charge is 0.282 e. The summed E-state index contributed by atoms with van der Waals surface area (Å²) in [5, 5.41) is 2.91. The molecule has 2 atom stereocenters. The Morgan fingerprint density at radius 3 is 3.00 bits per heavy atom. The minimum Gasteiger partial charge on any atom is -0.463 e. The highest BCUT2D eigenvalue weighted by Gasteiger charge is 2.45. The Labute approximate surface area is 118 Å². The molecule has 0 fully saturated rings. The predicted molar refractivity (Wildman–Crippen MR) is 77.8 cm³/mol. The predicted octanol–water partition coefficient (Wildman–Crippen LogP) is 1.78. The zero-order valence-electron chi connectivity index (χ0n) is 11.8. The summed E-state index contributed by atoms with van der Waals surface area (Å²) >= 11 is 0. The lowest BCUT2D eigenvalue weighted by molar-refractivity contribution is -0.114. The highest BCUT2D eigenvalue weighted by Crippen LogP contribution is 2.45. The first-order valence-corrected chi connectivity index (χ1v) is 6.89. The minimum atomic E-state index is -0.244. The number of hydrogen-bond acceptors (Lipinski definition) is 4. The zero-order valence-corrected chi connectivity index (χ0v) is 11.8. The number of hydrogen-bond donors (Lipinski definition) is 2. The molecular formula is C15H19N3O2. The van der Waals surface area contributed by atoms with E-state index in [1.807, 2.05) is 12.1 Å². The maximum absolute atomic E-state index is 11.3. The lowest BCUT2D eigenvalue weighted by atomic mass is 9.71. The van der Waals surface area contributed by atoms with Crippen molar-refractivity contribution in [1.82, 2.24) is 0 Å². The maximum atomic E-state index is 11.3. The van der Waals surface area contributed by atoms with Crippen LogP contribution in [0.2, 0.25) is 0 Å². The van der Waals surface area contributed by atoms with Crippen LogP contribution in [0.5, 0.6) is 0 Å². The minimum absolute atomic E-state index is 0.0437. The fraction of sp³-hybridized carbons (Fsp3) is 0.467. The first-order valence-electron chi connectivity index (χ1n) is 6.89. The molecule has 3 rings (SSSR count). The lowest BCUT2D eigenvalue weighted by Crippen LogP contribution is -2.39. The van der Waals surface area contributed by atoms with Crippen molar-refractivity contribution in [3.8, 4) is 0 Å². The number of nitrogens with one attached hydrogen (secondary N) is 1. The molecule has 5 heteroatoms. The average molecular weight is 273 g/mol. The second-order valence-electron chi connectivity index (χ2n) is 5.62. The van der Waals surface area contributed by atoms with E-state index >= 15 is 0 Å². The van der Waals surface area contributed by atoms with Crippen LogP contribution in [0.1, 0.15) is 37.3 Å². The Kier molecular flexibility index (Phi) is 2.92. The summed E-state index contributed by atoms with van der Waals surface area (Å²) in [7, 11) is 0. The van der Waals surface area contributed by atoms with E-state index in [9.17, 15) is 4.79 Å². The second-order valence-corrected chi connectivity index (χ2v) is 5.62. The van der Waals surface area contributed by atoms with Crippen LogP contribution in [0.3, 0.4) is 0 Å². The molecule has 1 aromatic carbocycles. The molecule has 1 aliphatic heterocycles. The molecule has 0 radical (unpaired) electrons. The summed E-state index contributed by atoms with van der Waals surface area (Å²) in [6.45, 7) is 4.23. The topological polar surface area (TPSA) is 76.7 Å². The average Bonchev–Trinajstić information content (AvgIpc) is 2.77. The number of nitrogens with two attached hydrogens (primary N) is 1. The second kappa shape index (κ2) is 4.51. The highest BCUT2D eigenvalue weighted by molar-refractivity contribution is 5.90. The Bertz CT molecular complexity index is 597. The lowest BCUT2D eigenvalue weighted by Gasteiger charge is -2.37. The van der Waals surface area contributed by atoms with E-state index in [0.717, 1.165) is 18.5 Å². The number of amidine groups is 1. The van der Waals surface area contributed by atoms with E-state index in [1.54, 1.807) is 0 Å². The number of nitrogens with zero attached hydrogens (tertiary/aromatic N) is 1. The Morgan fingerprint density at radius 2 is 2.35 bits per heavy atom. The van der Waals surface area contributed by atoms with Gasteiger partial charge in [-0.15, -0.1) is 0 Å². The molecule has 1 heterocycles. The molecule has 1 aromatic rings. The first-order chi connectivity index (χ1) is 9.52. The number of carbonyl (C=O) groups is 1. The largest absolute Gasteiger partial charge is 0.463 e. The number of fused-ring (bicyclic) bond motifs is 1. The van der Waals surface area contributed by atoms with Gasteiger partial charge in [-0.05, 0) is 30.0 Å². The number of rotatable bonds is 1. The summed E-state index contributed by atoms with van der Waals surface area (Å²) in [5.41, 5.74) is 8.79. The van der Waals surface area contributed by atoms with Gasteiger partial charge in [0.1, 0.15) is 12.1 Å². The van der Waals surface area contributed by atoms with Crippen molar-refractivity contribution in [2.75, 3.05) is 11.9 Å². The number of aliphatic imine (C=N–C) groups is 1. The van der Waals surface area contributed by atoms with E-state index in [2.05, 4.69) is 23.3 Å². The molecule has 1 amide bonds. The summed E-state index contributed by atoms with van der Waals surface area (Å²) in [6.07, 6.45) is 1.76.